The van der Waals surface area contributed by atoms with Gasteiger partial charge in [-0.2, -0.15) is 5.10 Å². The van der Waals surface area contributed by atoms with Crippen LogP contribution in [0.5, 0.6) is 0 Å². The van der Waals surface area contributed by atoms with E-state index in [4.69, 9.17) is 0 Å². The summed E-state index contributed by atoms with van der Waals surface area (Å²) >= 11 is 0. The summed E-state index contributed by atoms with van der Waals surface area (Å²) in [7, 11) is 0. The standard InChI is InChI=1S/C5H10N4O/c1-2-6-5(10)4-3-7-9-8-4/h7,9H,2-3H2,1H3,(H,6,10). The first kappa shape index (κ1) is 7.01. The number of nitrogens with zero attached hydrogens (tertiary/aromatic N) is 1. The third kappa shape index (κ3) is 1.44. The Balaban J connectivity index is 2.40. The lowest BCUT2D eigenvalue weighted by molar-refractivity contribution is -0.114. The SMILES string of the molecule is CCNC(=O)C1=NNNC1. The van der Waals surface area contributed by atoms with E-state index in [9.17, 15) is 4.79 Å². The van der Waals surface area contributed by atoms with Gasteiger partial charge in [0.05, 0.1) is 6.54 Å². The summed E-state index contributed by atoms with van der Waals surface area (Å²) < 4.78 is 0. The van der Waals surface area contributed by atoms with E-state index in [1.54, 1.807) is 0 Å². The van der Waals surface area contributed by atoms with Crippen LogP contribution >= 0.6 is 0 Å². The first-order chi connectivity index (χ1) is 4.84. The van der Waals surface area contributed by atoms with E-state index in [0.717, 1.165) is 0 Å². The molecule has 0 saturated carbocycles. The fourth-order valence-electron chi connectivity index (χ4n) is 0.663. The number of carbonyl (C=O) groups is 1. The molecule has 1 amide bonds. The Hall–Kier alpha value is -1.10. The summed E-state index contributed by atoms with van der Waals surface area (Å²) in [6.45, 7) is 3.00. The molecule has 56 valence electrons. The van der Waals surface area contributed by atoms with Crippen LogP contribution in [0.15, 0.2) is 5.10 Å². The second-order valence-corrected chi connectivity index (χ2v) is 1.88. The molecular weight excluding hydrogens is 132 g/mol. The van der Waals surface area contributed by atoms with Crippen LogP contribution in [0, 0.1) is 0 Å². The topological polar surface area (TPSA) is 65.5 Å². The van der Waals surface area contributed by atoms with E-state index in [1.165, 1.54) is 0 Å². The Morgan fingerprint density at radius 2 is 2.70 bits per heavy atom. The van der Waals surface area contributed by atoms with Crippen LogP contribution in [0.4, 0.5) is 0 Å². The number of amides is 1. The van der Waals surface area contributed by atoms with Crippen molar-refractivity contribution in [3.05, 3.63) is 0 Å². The lowest BCUT2D eigenvalue weighted by Crippen LogP contribution is -2.33. The van der Waals surface area contributed by atoms with Gasteiger partial charge >= 0.3 is 0 Å². The Bertz CT molecular complexity index is 165. The van der Waals surface area contributed by atoms with Gasteiger partial charge in [0.15, 0.2) is 0 Å². The predicted octanol–water partition coefficient (Wildman–Crippen LogP) is -1.41. The lowest BCUT2D eigenvalue weighted by atomic mass is 10.3. The quantitative estimate of drug-likeness (QED) is 0.443. The number of carbonyl (C=O) groups excluding carboxylic acids is 1. The van der Waals surface area contributed by atoms with Crippen molar-refractivity contribution in [1.82, 2.24) is 16.3 Å². The number of rotatable bonds is 2. The predicted molar refractivity (Wildman–Crippen MR) is 37.3 cm³/mol. The molecule has 0 bridgehead atoms. The summed E-state index contributed by atoms with van der Waals surface area (Å²) in [6, 6.07) is 0. The summed E-state index contributed by atoms with van der Waals surface area (Å²) in [5, 5.41) is 6.34. The van der Waals surface area contributed by atoms with Crippen LogP contribution in [0.1, 0.15) is 6.92 Å². The maximum Gasteiger partial charge on any atom is 0.268 e. The van der Waals surface area contributed by atoms with Gasteiger partial charge < -0.3 is 5.32 Å². The van der Waals surface area contributed by atoms with Crippen LogP contribution in [0.2, 0.25) is 0 Å². The monoisotopic (exact) mass is 142 g/mol. The van der Waals surface area contributed by atoms with E-state index < -0.39 is 0 Å². The largest absolute Gasteiger partial charge is 0.351 e. The molecule has 1 rings (SSSR count). The average Bonchev–Trinajstić information content (AvgIpc) is 2.38. The van der Waals surface area contributed by atoms with Gasteiger partial charge in [-0.05, 0) is 6.92 Å². The van der Waals surface area contributed by atoms with Gasteiger partial charge in [0.1, 0.15) is 5.71 Å². The highest BCUT2D eigenvalue weighted by Crippen LogP contribution is 1.80. The van der Waals surface area contributed by atoms with Gasteiger partial charge in [0.2, 0.25) is 0 Å². The van der Waals surface area contributed by atoms with Gasteiger partial charge in [-0.15, -0.1) is 0 Å². The molecular formula is C5H10N4O. The van der Waals surface area contributed by atoms with Crippen molar-refractivity contribution < 1.29 is 4.79 Å². The highest BCUT2D eigenvalue weighted by molar-refractivity contribution is 6.39. The molecule has 1 aliphatic heterocycles. The van der Waals surface area contributed by atoms with Crippen molar-refractivity contribution in [2.24, 2.45) is 5.10 Å². The maximum absolute atomic E-state index is 10.9. The Labute approximate surface area is 58.8 Å². The van der Waals surface area contributed by atoms with Gasteiger partial charge in [-0.3, -0.25) is 4.79 Å². The van der Waals surface area contributed by atoms with E-state index in [0.29, 0.717) is 18.8 Å². The van der Waals surface area contributed by atoms with Crippen LogP contribution in [-0.4, -0.2) is 24.7 Å². The fraction of sp³-hybridized carbons (Fsp3) is 0.600. The number of hydrazine groups is 1. The third-order valence-electron chi connectivity index (χ3n) is 1.13. The highest BCUT2D eigenvalue weighted by atomic mass is 16.2. The summed E-state index contributed by atoms with van der Waals surface area (Å²) in [4.78, 5) is 10.9. The van der Waals surface area contributed by atoms with Crippen molar-refractivity contribution in [2.45, 2.75) is 6.92 Å². The molecule has 5 nitrogen and oxygen atoms in total. The molecule has 0 unspecified atom stereocenters. The number of nitrogens with one attached hydrogen (secondary N) is 3. The van der Waals surface area contributed by atoms with Gasteiger partial charge in [0, 0.05) is 6.54 Å². The molecule has 0 atom stereocenters. The van der Waals surface area contributed by atoms with Gasteiger partial charge in [0.25, 0.3) is 5.91 Å². The Morgan fingerprint density at radius 1 is 1.90 bits per heavy atom. The van der Waals surface area contributed by atoms with E-state index in [1.807, 2.05) is 6.92 Å². The second kappa shape index (κ2) is 3.17. The molecule has 3 N–H and O–H groups in total. The number of hydrogen-bond donors (Lipinski definition) is 3. The molecule has 10 heavy (non-hydrogen) atoms. The molecule has 0 aromatic heterocycles. The maximum atomic E-state index is 10.9. The van der Waals surface area contributed by atoms with Crippen LogP contribution in [0.3, 0.4) is 0 Å². The smallest absolute Gasteiger partial charge is 0.268 e. The summed E-state index contributed by atoms with van der Waals surface area (Å²) in [5.74, 6) is -0.111. The molecule has 0 aliphatic carbocycles. The summed E-state index contributed by atoms with van der Waals surface area (Å²) in [6.07, 6.45) is 0. The van der Waals surface area contributed by atoms with Crippen molar-refractivity contribution in [2.75, 3.05) is 13.1 Å². The van der Waals surface area contributed by atoms with E-state index in [-0.39, 0.29) is 5.91 Å². The minimum Gasteiger partial charge on any atom is -0.351 e. The molecule has 1 heterocycles. The van der Waals surface area contributed by atoms with Crippen molar-refractivity contribution in [1.29, 1.82) is 0 Å². The number of hydrogen-bond acceptors (Lipinski definition) is 4. The zero-order valence-corrected chi connectivity index (χ0v) is 5.77. The summed E-state index contributed by atoms with van der Waals surface area (Å²) in [5.41, 5.74) is 5.69. The van der Waals surface area contributed by atoms with Crippen molar-refractivity contribution in [3.63, 3.8) is 0 Å². The lowest BCUT2D eigenvalue weighted by Gasteiger charge is -1.97. The van der Waals surface area contributed by atoms with Gasteiger partial charge in [-0.25, -0.2) is 11.0 Å². The molecule has 0 aromatic carbocycles. The van der Waals surface area contributed by atoms with E-state index >= 15 is 0 Å². The second-order valence-electron chi connectivity index (χ2n) is 1.88. The van der Waals surface area contributed by atoms with Crippen LogP contribution in [0.25, 0.3) is 0 Å². The Kier molecular flexibility index (Phi) is 2.22. The fourth-order valence-corrected chi connectivity index (χ4v) is 0.663. The molecule has 5 heteroatoms. The number of hydrazone groups is 1. The van der Waals surface area contributed by atoms with Crippen molar-refractivity contribution in [3.8, 4) is 0 Å². The van der Waals surface area contributed by atoms with Gasteiger partial charge in [-0.1, -0.05) is 0 Å². The highest BCUT2D eigenvalue weighted by Gasteiger charge is 2.12. The minimum absolute atomic E-state index is 0.111. The molecule has 0 spiro atoms. The first-order valence-corrected chi connectivity index (χ1v) is 3.17. The zero-order valence-electron chi connectivity index (χ0n) is 5.77. The van der Waals surface area contributed by atoms with Crippen LogP contribution in [-0.2, 0) is 4.79 Å². The minimum atomic E-state index is -0.111. The van der Waals surface area contributed by atoms with Crippen LogP contribution < -0.4 is 16.3 Å². The zero-order chi connectivity index (χ0) is 7.40. The average molecular weight is 142 g/mol. The molecule has 0 aromatic rings. The first-order valence-electron chi connectivity index (χ1n) is 3.17. The molecule has 1 aliphatic rings. The molecule has 0 fully saturated rings. The molecule has 0 radical (unpaired) electrons. The molecule has 0 saturated heterocycles. The van der Waals surface area contributed by atoms with Crippen molar-refractivity contribution >= 4 is 11.6 Å². The third-order valence-corrected chi connectivity index (χ3v) is 1.13. The normalized spacial score (nSPS) is 15.9. The van der Waals surface area contributed by atoms with E-state index in [2.05, 4.69) is 21.4 Å². The Morgan fingerprint density at radius 3 is 3.20 bits per heavy atom.